The van der Waals surface area contributed by atoms with E-state index < -0.39 is 5.97 Å². The van der Waals surface area contributed by atoms with Crippen molar-refractivity contribution < 1.29 is 23.8 Å². The molecule has 164 valence electrons. The molecule has 3 aromatic carbocycles. The smallest absolute Gasteiger partial charge is 0.343 e. The van der Waals surface area contributed by atoms with Gasteiger partial charge in [-0.25, -0.2) is 10.2 Å². The first-order chi connectivity index (χ1) is 15.5. The minimum Gasteiger partial charge on any atom is -0.493 e. The number of methoxy groups -OCH3 is 2. The summed E-state index contributed by atoms with van der Waals surface area (Å²) in [5.41, 5.74) is 4.17. The van der Waals surface area contributed by atoms with Crippen molar-refractivity contribution in [3.8, 4) is 17.2 Å². The zero-order valence-corrected chi connectivity index (χ0v) is 19.1. The van der Waals surface area contributed by atoms with Gasteiger partial charge in [-0.1, -0.05) is 46.3 Å². The van der Waals surface area contributed by atoms with E-state index in [1.807, 2.05) is 30.3 Å². The first kappa shape index (κ1) is 23.0. The van der Waals surface area contributed by atoms with E-state index in [0.717, 1.165) is 10.0 Å². The van der Waals surface area contributed by atoms with Gasteiger partial charge in [0.05, 0.1) is 32.4 Å². The van der Waals surface area contributed by atoms with Crippen molar-refractivity contribution in [2.24, 2.45) is 5.10 Å². The van der Waals surface area contributed by atoms with Crippen LogP contribution in [0, 0.1) is 0 Å². The fourth-order valence-electron chi connectivity index (χ4n) is 2.83. The number of nitrogens with zero attached hydrogens (tertiary/aromatic N) is 1. The summed E-state index contributed by atoms with van der Waals surface area (Å²) in [5, 5.41) is 4.00. The molecule has 1 amide bonds. The first-order valence-electron chi connectivity index (χ1n) is 9.59. The zero-order chi connectivity index (χ0) is 22.9. The monoisotopic (exact) mass is 496 g/mol. The molecule has 0 aliphatic carbocycles. The SMILES string of the molecule is COc1ccc(C(=O)Oc2ccc(Br)cc2/C=N\NC(=O)Cc2ccccc2)cc1OC. The van der Waals surface area contributed by atoms with E-state index in [1.165, 1.54) is 26.5 Å². The van der Waals surface area contributed by atoms with Crippen molar-refractivity contribution in [2.75, 3.05) is 14.2 Å². The van der Waals surface area contributed by atoms with Crippen LogP contribution in [0.1, 0.15) is 21.5 Å². The first-order valence-corrected chi connectivity index (χ1v) is 10.4. The van der Waals surface area contributed by atoms with E-state index >= 15 is 0 Å². The van der Waals surface area contributed by atoms with Crippen LogP contribution in [0.3, 0.4) is 0 Å². The molecule has 0 aliphatic heterocycles. The van der Waals surface area contributed by atoms with E-state index in [2.05, 4.69) is 26.5 Å². The highest BCUT2D eigenvalue weighted by atomic mass is 79.9. The minimum absolute atomic E-state index is 0.206. The zero-order valence-electron chi connectivity index (χ0n) is 17.5. The Bertz CT molecular complexity index is 1130. The largest absolute Gasteiger partial charge is 0.493 e. The van der Waals surface area contributed by atoms with Crippen LogP contribution >= 0.6 is 15.9 Å². The fourth-order valence-corrected chi connectivity index (χ4v) is 3.21. The number of hydrogen-bond donors (Lipinski definition) is 1. The Morgan fingerprint density at radius 3 is 2.38 bits per heavy atom. The van der Waals surface area contributed by atoms with Crippen molar-refractivity contribution in [2.45, 2.75) is 6.42 Å². The third kappa shape index (κ3) is 6.18. The van der Waals surface area contributed by atoms with Crippen LogP contribution in [0.5, 0.6) is 17.2 Å². The maximum absolute atomic E-state index is 12.7. The normalized spacial score (nSPS) is 10.6. The summed E-state index contributed by atoms with van der Waals surface area (Å²) in [6.45, 7) is 0. The molecule has 0 fully saturated rings. The van der Waals surface area contributed by atoms with Crippen molar-refractivity contribution in [3.63, 3.8) is 0 Å². The third-order valence-electron chi connectivity index (χ3n) is 4.39. The Kier molecular flexibility index (Phi) is 7.99. The summed E-state index contributed by atoms with van der Waals surface area (Å²) in [5.74, 6) is 0.379. The number of ether oxygens (including phenoxy) is 3. The quantitative estimate of drug-likeness (QED) is 0.216. The van der Waals surface area contributed by atoms with Crippen LogP contribution in [-0.4, -0.2) is 32.3 Å². The van der Waals surface area contributed by atoms with Crippen LogP contribution in [-0.2, 0) is 11.2 Å². The Labute approximate surface area is 194 Å². The Morgan fingerprint density at radius 1 is 0.938 bits per heavy atom. The Balaban J connectivity index is 1.71. The lowest BCUT2D eigenvalue weighted by Gasteiger charge is -2.11. The van der Waals surface area contributed by atoms with E-state index in [4.69, 9.17) is 14.2 Å². The standard InChI is InChI=1S/C24H21BrN2O5/c1-30-21-10-8-17(14-22(21)31-2)24(29)32-20-11-9-19(25)13-18(20)15-26-27-23(28)12-16-6-4-3-5-7-16/h3-11,13-15H,12H2,1-2H3,(H,27,28)/b26-15-. The summed E-state index contributed by atoms with van der Waals surface area (Å²) < 4.78 is 16.7. The van der Waals surface area contributed by atoms with Gasteiger partial charge >= 0.3 is 5.97 Å². The summed E-state index contributed by atoms with van der Waals surface area (Å²) in [7, 11) is 3.00. The van der Waals surface area contributed by atoms with Gasteiger partial charge in [0, 0.05) is 10.0 Å². The molecule has 3 rings (SSSR count). The number of amides is 1. The van der Waals surface area contributed by atoms with Crippen molar-refractivity contribution in [1.82, 2.24) is 5.43 Å². The van der Waals surface area contributed by atoms with E-state index in [9.17, 15) is 9.59 Å². The molecule has 32 heavy (non-hydrogen) atoms. The van der Waals surface area contributed by atoms with Gasteiger partial charge in [0.1, 0.15) is 5.75 Å². The number of esters is 1. The molecule has 0 atom stereocenters. The molecule has 7 nitrogen and oxygen atoms in total. The molecule has 0 unspecified atom stereocenters. The number of nitrogens with one attached hydrogen (secondary N) is 1. The topological polar surface area (TPSA) is 86.2 Å². The third-order valence-corrected chi connectivity index (χ3v) is 4.89. The van der Waals surface area contributed by atoms with Gasteiger partial charge < -0.3 is 14.2 Å². The van der Waals surface area contributed by atoms with E-state index in [1.54, 1.807) is 30.3 Å². The number of hydrogen-bond acceptors (Lipinski definition) is 6. The van der Waals surface area contributed by atoms with Gasteiger partial charge in [-0.05, 0) is 42.0 Å². The molecular weight excluding hydrogens is 476 g/mol. The number of carbonyl (C=O) groups is 2. The molecular formula is C24H21BrN2O5. The van der Waals surface area contributed by atoms with Gasteiger partial charge in [0.2, 0.25) is 5.91 Å². The molecule has 1 N–H and O–H groups in total. The predicted molar refractivity (Wildman–Crippen MR) is 125 cm³/mol. The van der Waals surface area contributed by atoms with E-state index in [0.29, 0.717) is 22.6 Å². The van der Waals surface area contributed by atoms with Gasteiger partial charge in [-0.2, -0.15) is 5.10 Å². The average molecular weight is 497 g/mol. The lowest BCUT2D eigenvalue weighted by Crippen LogP contribution is -2.19. The summed E-state index contributed by atoms with van der Waals surface area (Å²) >= 11 is 3.39. The van der Waals surface area contributed by atoms with Gasteiger partial charge in [-0.15, -0.1) is 0 Å². The highest BCUT2D eigenvalue weighted by molar-refractivity contribution is 9.10. The number of benzene rings is 3. The Hall–Kier alpha value is -3.65. The molecule has 0 radical (unpaired) electrons. The summed E-state index contributed by atoms with van der Waals surface area (Å²) in [6, 6.07) is 19.2. The molecule has 0 aliphatic rings. The molecule has 0 spiro atoms. The number of hydrazone groups is 1. The van der Waals surface area contributed by atoms with Crippen LogP contribution in [0.25, 0.3) is 0 Å². The lowest BCUT2D eigenvalue weighted by atomic mass is 10.1. The lowest BCUT2D eigenvalue weighted by molar-refractivity contribution is -0.120. The summed E-state index contributed by atoms with van der Waals surface area (Å²) in [4.78, 5) is 24.7. The minimum atomic E-state index is -0.573. The second-order valence-electron chi connectivity index (χ2n) is 6.60. The molecule has 0 aromatic heterocycles. The molecule has 3 aromatic rings. The summed E-state index contributed by atoms with van der Waals surface area (Å²) in [6.07, 6.45) is 1.63. The molecule has 8 heteroatoms. The van der Waals surface area contributed by atoms with Crippen LogP contribution in [0.15, 0.2) is 76.3 Å². The highest BCUT2D eigenvalue weighted by Crippen LogP contribution is 2.29. The van der Waals surface area contributed by atoms with Crippen LogP contribution < -0.4 is 19.6 Å². The average Bonchev–Trinajstić information content (AvgIpc) is 2.80. The number of carbonyl (C=O) groups excluding carboxylic acids is 2. The maximum Gasteiger partial charge on any atom is 0.343 e. The fraction of sp³-hybridized carbons (Fsp3) is 0.125. The predicted octanol–water partition coefficient (Wildman–Crippen LogP) is 4.38. The maximum atomic E-state index is 12.7. The second kappa shape index (κ2) is 11.1. The molecule has 0 heterocycles. The number of rotatable bonds is 8. The van der Waals surface area contributed by atoms with Gasteiger partial charge in [0.15, 0.2) is 11.5 Å². The van der Waals surface area contributed by atoms with Gasteiger partial charge in [-0.3, -0.25) is 4.79 Å². The van der Waals surface area contributed by atoms with Crippen molar-refractivity contribution in [3.05, 3.63) is 87.9 Å². The van der Waals surface area contributed by atoms with Crippen molar-refractivity contribution in [1.29, 1.82) is 0 Å². The molecule has 0 saturated carbocycles. The number of halogens is 1. The highest BCUT2D eigenvalue weighted by Gasteiger charge is 2.15. The van der Waals surface area contributed by atoms with Gasteiger partial charge in [0.25, 0.3) is 0 Å². The van der Waals surface area contributed by atoms with Crippen LogP contribution in [0.4, 0.5) is 0 Å². The Morgan fingerprint density at radius 2 is 1.66 bits per heavy atom. The van der Waals surface area contributed by atoms with Crippen molar-refractivity contribution >= 4 is 34.0 Å². The van der Waals surface area contributed by atoms with Crippen LogP contribution in [0.2, 0.25) is 0 Å². The van der Waals surface area contributed by atoms with E-state index in [-0.39, 0.29) is 18.1 Å². The second-order valence-corrected chi connectivity index (χ2v) is 7.51. The molecule has 0 bridgehead atoms. The molecule has 0 saturated heterocycles.